The van der Waals surface area contributed by atoms with E-state index in [2.05, 4.69) is 15.8 Å². The lowest BCUT2D eigenvalue weighted by atomic mass is 10.1. The van der Waals surface area contributed by atoms with Crippen molar-refractivity contribution < 1.29 is 9.90 Å². The number of benzene rings is 3. The third-order valence-corrected chi connectivity index (χ3v) is 3.82. The molecule has 25 heavy (non-hydrogen) atoms. The Hall–Kier alpha value is -3.05. The minimum atomic E-state index is -0.300. The summed E-state index contributed by atoms with van der Waals surface area (Å²) in [5, 5.41) is 19.3. The average Bonchev–Trinajstić information content (AvgIpc) is 2.62. The van der Waals surface area contributed by atoms with Gasteiger partial charge in [0.15, 0.2) is 0 Å². The number of hydrazone groups is 1. The molecule has 0 aliphatic carbocycles. The van der Waals surface area contributed by atoms with Gasteiger partial charge in [-0.05, 0) is 41.1 Å². The number of hydrogen-bond donors (Lipinski definition) is 3. The number of carbonyl (C=O) groups excluding carboxylic acids is 1. The molecule has 0 saturated heterocycles. The van der Waals surface area contributed by atoms with Gasteiger partial charge in [-0.25, -0.2) is 5.43 Å². The lowest BCUT2D eigenvalue weighted by Gasteiger charge is -2.06. The van der Waals surface area contributed by atoms with Crippen LogP contribution in [0.15, 0.2) is 65.8 Å². The highest BCUT2D eigenvalue weighted by Gasteiger charge is 2.02. The first-order chi connectivity index (χ1) is 12.1. The number of halogens is 1. The molecule has 0 heterocycles. The fraction of sp³-hybridized carbons (Fsp3) is 0.0526. The van der Waals surface area contributed by atoms with Gasteiger partial charge in [0, 0.05) is 16.3 Å². The van der Waals surface area contributed by atoms with Crippen LogP contribution < -0.4 is 10.7 Å². The van der Waals surface area contributed by atoms with E-state index < -0.39 is 0 Å². The number of phenols is 1. The van der Waals surface area contributed by atoms with Crippen LogP contribution >= 0.6 is 11.6 Å². The van der Waals surface area contributed by atoms with E-state index >= 15 is 0 Å². The van der Waals surface area contributed by atoms with Crippen LogP contribution in [0.25, 0.3) is 10.8 Å². The van der Waals surface area contributed by atoms with E-state index in [0.717, 1.165) is 16.5 Å². The molecule has 0 bridgehead atoms. The first kappa shape index (κ1) is 16.8. The number of nitrogens with zero attached hydrogens (tertiary/aromatic N) is 1. The van der Waals surface area contributed by atoms with Gasteiger partial charge in [-0.3, -0.25) is 4.79 Å². The number of anilines is 1. The highest BCUT2D eigenvalue weighted by atomic mass is 35.5. The zero-order valence-electron chi connectivity index (χ0n) is 13.2. The van der Waals surface area contributed by atoms with Gasteiger partial charge in [0.2, 0.25) is 0 Å². The number of carbonyl (C=O) groups is 1. The molecule has 1 amide bonds. The van der Waals surface area contributed by atoms with Crippen molar-refractivity contribution in [1.82, 2.24) is 5.43 Å². The summed E-state index contributed by atoms with van der Waals surface area (Å²) in [5.74, 6) is -0.261. The summed E-state index contributed by atoms with van der Waals surface area (Å²) in [7, 11) is 0. The van der Waals surface area contributed by atoms with Crippen molar-refractivity contribution in [1.29, 1.82) is 0 Å². The van der Waals surface area contributed by atoms with Crippen molar-refractivity contribution in [2.75, 3.05) is 11.9 Å². The highest BCUT2D eigenvalue weighted by Crippen LogP contribution is 2.20. The lowest BCUT2D eigenvalue weighted by molar-refractivity contribution is -0.119. The molecule has 0 atom stereocenters. The minimum absolute atomic E-state index is 0.0386. The molecule has 126 valence electrons. The Morgan fingerprint density at radius 2 is 1.88 bits per heavy atom. The molecule has 3 aromatic rings. The Labute approximate surface area is 149 Å². The van der Waals surface area contributed by atoms with E-state index in [1.165, 1.54) is 12.3 Å². The topological polar surface area (TPSA) is 73.7 Å². The maximum Gasteiger partial charge on any atom is 0.259 e. The summed E-state index contributed by atoms with van der Waals surface area (Å²) in [4.78, 5) is 11.8. The van der Waals surface area contributed by atoms with Crippen LogP contribution in [0, 0.1) is 0 Å². The molecule has 6 heteroatoms. The summed E-state index contributed by atoms with van der Waals surface area (Å²) in [6.45, 7) is 0.0806. The quantitative estimate of drug-likeness (QED) is 0.483. The van der Waals surface area contributed by atoms with Crippen LogP contribution in [0.4, 0.5) is 5.69 Å². The van der Waals surface area contributed by atoms with Crippen molar-refractivity contribution >= 4 is 40.2 Å². The summed E-state index contributed by atoms with van der Waals surface area (Å²) in [5.41, 5.74) is 3.68. The van der Waals surface area contributed by atoms with Gasteiger partial charge in [-0.2, -0.15) is 5.10 Å². The molecular formula is C19H16ClN3O2. The lowest BCUT2D eigenvalue weighted by Crippen LogP contribution is -2.25. The molecule has 0 fully saturated rings. The number of rotatable bonds is 5. The monoisotopic (exact) mass is 353 g/mol. The van der Waals surface area contributed by atoms with Crippen LogP contribution in [0.5, 0.6) is 5.75 Å². The van der Waals surface area contributed by atoms with Crippen LogP contribution in [0.1, 0.15) is 5.56 Å². The minimum Gasteiger partial charge on any atom is -0.507 e. The SMILES string of the molecule is O=C(CNc1ccc2ccccc2c1)NN=Cc1cc(Cl)ccc1O. The van der Waals surface area contributed by atoms with E-state index in [1.807, 2.05) is 42.5 Å². The Kier molecular flexibility index (Phi) is 5.16. The van der Waals surface area contributed by atoms with E-state index in [-0.39, 0.29) is 18.2 Å². The molecule has 5 nitrogen and oxygen atoms in total. The maximum absolute atomic E-state index is 11.8. The van der Waals surface area contributed by atoms with Gasteiger partial charge in [0.1, 0.15) is 5.75 Å². The van der Waals surface area contributed by atoms with Crippen molar-refractivity contribution in [2.45, 2.75) is 0 Å². The normalized spacial score (nSPS) is 10.9. The number of fused-ring (bicyclic) bond motifs is 1. The standard InChI is InChI=1S/C19H16ClN3O2/c20-16-6-8-18(24)15(9-16)11-22-23-19(25)12-21-17-7-5-13-3-1-2-4-14(13)10-17/h1-11,21,24H,12H2,(H,23,25). The predicted octanol–water partition coefficient (Wildman–Crippen LogP) is 3.76. The fourth-order valence-electron chi connectivity index (χ4n) is 2.32. The Morgan fingerprint density at radius 1 is 1.08 bits per heavy atom. The molecule has 0 spiro atoms. The number of aromatic hydroxyl groups is 1. The summed E-state index contributed by atoms with van der Waals surface area (Å²) < 4.78 is 0. The van der Waals surface area contributed by atoms with Gasteiger partial charge in [0.25, 0.3) is 5.91 Å². The molecule has 0 saturated carbocycles. The highest BCUT2D eigenvalue weighted by molar-refractivity contribution is 6.30. The van der Waals surface area contributed by atoms with Crippen LogP contribution in [0.2, 0.25) is 5.02 Å². The second-order valence-corrected chi connectivity index (χ2v) is 5.85. The summed E-state index contributed by atoms with van der Waals surface area (Å²) in [6.07, 6.45) is 1.34. The van der Waals surface area contributed by atoms with Crippen molar-refractivity contribution in [2.24, 2.45) is 5.10 Å². The molecule has 0 unspecified atom stereocenters. The van der Waals surface area contributed by atoms with E-state index in [9.17, 15) is 9.90 Å². The van der Waals surface area contributed by atoms with Gasteiger partial charge in [-0.15, -0.1) is 0 Å². The van der Waals surface area contributed by atoms with Crippen LogP contribution in [-0.4, -0.2) is 23.8 Å². The van der Waals surface area contributed by atoms with Crippen molar-refractivity contribution in [3.8, 4) is 5.75 Å². The van der Waals surface area contributed by atoms with Gasteiger partial charge < -0.3 is 10.4 Å². The predicted molar refractivity (Wildman–Crippen MR) is 101 cm³/mol. The molecule has 0 aliphatic heterocycles. The molecule has 3 rings (SSSR count). The molecule has 0 radical (unpaired) electrons. The number of nitrogens with one attached hydrogen (secondary N) is 2. The first-order valence-electron chi connectivity index (χ1n) is 7.65. The zero-order chi connectivity index (χ0) is 17.6. The van der Waals surface area contributed by atoms with E-state index in [4.69, 9.17) is 11.6 Å². The van der Waals surface area contributed by atoms with Crippen molar-refractivity contribution in [3.63, 3.8) is 0 Å². The maximum atomic E-state index is 11.8. The number of hydrogen-bond acceptors (Lipinski definition) is 4. The third-order valence-electron chi connectivity index (χ3n) is 3.58. The molecular weight excluding hydrogens is 338 g/mol. The first-order valence-corrected chi connectivity index (χ1v) is 8.03. The number of phenolic OH excluding ortho intramolecular Hbond substituents is 1. The van der Waals surface area contributed by atoms with Gasteiger partial charge in [-0.1, -0.05) is 41.9 Å². The molecule has 3 N–H and O–H groups in total. The van der Waals surface area contributed by atoms with Crippen molar-refractivity contribution in [3.05, 3.63) is 71.2 Å². The Bertz CT molecular complexity index is 941. The van der Waals surface area contributed by atoms with Gasteiger partial charge in [0.05, 0.1) is 12.8 Å². The van der Waals surface area contributed by atoms with Crippen LogP contribution in [0.3, 0.4) is 0 Å². The Morgan fingerprint density at radius 3 is 2.72 bits per heavy atom. The third kappa shape index (κ3) is 4.49. The van der Waals surface area contributed by atoms with E-state index in [0.29, 0.717) is 10.6 Å². The molecule has 3 aromatic carbocycles. The van der Waals surface area contributed by atoms with Gasteiger partial charge >= 0.3 is 0 Å². The summed E-state index contributed by atoms with van der Waals surface area (Å²) in [6, 6.07) is 18.5. The average molecular weight is 354 g/mol. The fourth-order valence-corrected chi connectivity index (χ4v) is 2.50. The largest absolute Gasteiger partial charge is 0.507 e. The smallest absolute Gasteiger partial charge is 0.259 e. The van der Waals surface area contributed by atoms with E-state index in [1.54, 1.807) is 12.1 Å². The molecule has 0 aromatic heterocycles. The molecule has 0 aliphatic rings. The number of amides is 1. The Balaban J connectivity index is 1.55. The second-order valence-electron chi connectivity index (χ2n) is 5.41. The summed E-state index contributed by atoms with van der Waals surface area (Å²) >= 11 is 5.85. The second kappa shape index (κ2) is 7.68. The van der Waals surface area contributed by atoms with Crippen LogP contribution in [-0.2, 0) is 4.79 Å². The zero-order valence-corrected chi connectivity index (χ0v) is 14.0.